The Kier molecular flexibility index (Phi) is 6.57. The van der Waals surface area contributed by atoms with E-state index in [1.807, 2.05) is 0 Å². The number of nitrogens with zero attached hydrogens (tertiary/aromatic N) is 2. The van der Waals surface area contributed by atoms with Crippen molar-refractivity contribution in [1.82, 2.24) is 9.80 Å². The maximum atomic E-state index is 12.1. The molecule has 0 unspecified atom stereocenters. The van der Waals surface area contributed by atoms with Crippen molar-refractivity contribution in [3.63, 3.8) is 0 Å². The molecule has 1 aliphatic rings. The van der Waals surface area contributed by atoms with Gasteiger partial charge in [-0.3, -0.25) is 0 Å². The fourth-order valence-electron chi connectivity index (χ4n) is 2.15. The summed E-state index contributed by atoms with van der Waals surface area (Å²) >= 11 is 5.76. The summed E-state index contributed by atoms with van der Waals surface area (Å²) in [5.74, 6) is 0.921. The minimum Gasteiger partial charge on any atom is -0.301 e. The van der Waals surface area contributed by atoms with Crippen LogP contribution in [0.3, 0.4) is 0 Å². The second kappa shape index (κ2) is 7.25. The number of rotatable bonds is 5. The Morgan fingerprint density at radius 3 is 2.00 bits per heavy atom. The van der Waals surface area contributed by atoms with Gasteiger partial charge in [0.15, 0.2) is 9.84 Å². The summed E-state index contributed by atoms with van der Waals surface area (Å²) in [7, 11) is -3.01. The second-order valence-corrected chi connectivity index (χ2v) is 9.40. The maximum Gasteiger partial charge on any atom is 0.156 e. The fourth-order valence-corrected chi connectivity index (χ4v) is 3.50. The third-order valence-corrected chi connectivity index (χ3v) is 6.45. The lowest BCUT2D eigenvalue weighted by molar-refractivity contribution is 0.272. The van der Waals surface area contributed by atoms with Gasteiger partial charge in [-0.2, -0.15) is 0 Å². The Hall–Kier alpha value is 0.160. The second-order valence-electron chi connectivity index (χ2n) is 6.16. The molecule has 0 aromatic heterocycles. The third kappa shape index (κ3) is 5.58. The van der Waals surface area contributed by atoms with Crippen LogP contribution in [0.2, 0.25) is 0 Å². The fraction of sp³-hybridized carbons (Fsp3) is 1.00. The normalized spacial score (nSPS) is 20.4. The molecule has 6 heteroatoms. The van der Waals surface area contributed by atoms with Crippen LogP contribution in [0, 0.1) is 0 Å². The van der Waals surface area contributed by atoms with E-state index in [0.717, 1.165) is 39.1 Å². The minimum atomic E-state index is -3.01. The van der Waals surface area contributed by atoms with E-state index in [2.05, 4.69) is 9.80 Å². The van der Waals surface area contributed by atoms with Gasteiger partial charge in [-0.15, -0.1) is 11.6 Å². The highest BCUT2D eigenvalue weighted by atomic mass is 35.5. The average Bonchev–Trinajstić information content (AvgIpc) is 2.51. The van der Waals surface area contributed by atoms with Crippen LogP contribution in [0.15, 0.2) is 0 Å². The maximum absolute atomic E-state index is 12.1. The van der Waals surface area contributed by atoms with Crippen LogP contribution in [-0.4, -0.2) is 73.9 Å². The molecular formula is C13H27ClN2O2S. The predicted molar refractivity (Wildman–Crippen MR) is 81.8 cm³/mol. The predicted octanol–water partition coefficient (Wildman–Crippen LogP) is 1.45. The lowest BCUT2D eigenvalue weighted by Crippen LogP contribution is -2.38. The van der Waals surface area contributed by atoms with Crippen LogP contribution in [0.5, 0.6) is 0 Å². The largest absolute Gasteiger partial charge is 0.301 e. The molecular weight excluding hydrogens is 284 g/mol. The molecule has 19 heavy (non-hydrogen) atoms. The molecule has 1 fully saturated rings. The van der Waals surface area contributed by atoms with Gasteiger partial charge in [-0.05, 0) is 40.3 Å². The van der Waals surface area contributed by atoms with Crippen molar-refractivity contribution in [1.29, 1.82) is 0 Å². The zero-order valence-corrected chi connectivity index (χ0v) is 13.9. The molecule has 0 amide bonds. The molecule has 0 bridgehead atoms. The quantitative estimate of drug-likeness (QED) is 0.721. The zero-order chi connectivity index (χ0) is 14.5. The summed E-state index contributed by atoms with van der Waals surface area (Å²) in [6.45, 7) is 10.9. The molecule has 4 nitrogen and oxygen atoms in total. The number of hydrogen-bond donors (Lipinski definition) is 0. The van der Waals surface area contributed by atoms with Crippen molar-refractivity contribution in [2.45, 2.75) is 31.9 Å². The molecule has 0 aromatic rings. The molecule has 1 rings (SSSR count). The highest BCUT2D eigenvalue weighted by Crippen LogP contribution is 2.16. The highest BCUT2D eigenvalue weighted by Gasteiger charge is 2.29. The van der Waals surface area contributed by atoms with Crippen molar-refractivity contribution in [3.05, 3.63) is 0 Å². The van der Waals surface area contributed by atoms with Gasteiger partial charge in [-0.25, -0.2) is 8.42 Å². The SMILES string of the molecule is CC(C)(C)S(=O)(=O)CCN1CCCN(CCCl)CC1. The number of sulfone groups is 1. The molecule has 0 N–H and O–H groups in total. The van der Waals surface area contributed by atoms with Gasteiger partial charge >= 0.3 is 0 Å². The first kappa shape index (κ1) is 17.2. The van der Waals surface area contributed by atoms with Crippen LogP contribution < -0.4 is 0 Å². The summed E-state index contributed by atoms with van der Waals surface area (Å²) in [5, 5.41) is 0. The summed E-state index contributed by atoms with van der Waals surface area (Å²) in [6, 6.07) is 0. The zero-order valence-electron chi connectivity index (χ0n) is 12.4. The lowest BCUT2D eigenvalue weighted by atomic mass is 10.3. The van der Waals surface area contributed by atoms with Crippen LogP contribution in [0.1, 0.15) is 27.2 Å². The van der Waals surface area contributed by atoms with E-state index in [-0.39, 0.29) is 5.75 Å². The van der Waals surface area contributed by atoms with Crippen LogP contribution in [0.4, 0.5) is 0 Å². The minimum absolute atomic E-state index is 0.256. The standard InChI is InChI=1S/C13H27ClN2O2S/c1-13(2,3)19(17,18)12-11-16-7-4-6-15(8-5-14)9-10-16/h4-12H2,1-3H3. The molecule has 1 aliphatic heterocycles. The number of hydrogen-bond acceptors (Lipinski definition) is 4. The first-order chi connectivity index (χ1) is 8.76. The van der Waals surface area contributed by atoms with E-state index in [9.17, 15) is 8.42 Å². The van der Waals surface area contributed by atoms with E-state index in [0.29, 0.717) is 12.4 Å². The van der Waals surface area contributed by atoms with E-state index < -0.39 is 14.6 Å². The van der Waals surface area contributed by atoms with Crippen molar-refractivity contribution in [2.75, 3.05) is 50.9 Å². The monoisotopic (exact) mass is 310 g/mol. The van der Waals surface area contributed by atoms with Gasteiger partial charge in [0.25, 0.3) is 0 Å². The Balaban J connectivity index is 2.43. The molecule has 114 valence electrons. The van der Waals surface area contributed by atoms with Gasteiger partial charge in [0.05, 0.1) is 10.5 Å². The van der Waals surface area contributed by atoms with E-state index in [4.69, 9.17) is 11.6 Å². The Labute approximate surface area is 123 Å². The Bertz CT molecular complexity index is 365. The van der Waals surface area contributed by atoms with Crippen molar-refractivity contribution < 1.29 is 8.42 Å². The van der Waals surface area contributed by atoms with Gasteiger partial charge in [-0.1, -0.05) is 0 Å². The van der Waals surface area contributed by atoms with E-state index in [1.54, 1.807) is 20.8 Å². The molecule has 0 radical (unpaired) electrons. The molecule has 0 aliphatic carbocycles. The summed E-state index contributed by atoms with van der Waals surface area (Å²) < 4.78 is 23.5. The van der Waals surface area contributed by atoms with Crippen molar-refractivity contribution in [3.8, 4) is 0 Å². The number of alkyl halides is 1. The summed E-state index contributed by atoms with van der Waals surface area (Å²) in [5.41, 5.74) is 0. The molecule has 0 aromatic carbocycles. The number of halogens is 1. The first-order valence-electron chi connectivity index (χ1n) is 6.99. The van der Waals surface area contributed by atoms with Crippen molar-refractivity contribution >= 4 is 21.4 Å². The highest BCUT2D eigenvalue weighted by molar-refractivity contribution is 7.92. The van der Waals surface area contributed by atoms with Crippen LogP contribution in [-0.2, 0) is 9.84 Å². The topological polar surface area (TPSA) is 40.6 Å². The molecule has 0 atom stereocenters. The third-order valence-electron chi connectivity index (χ3n) is 3.69. The summed E-state index contributed by atoms with van der Waals surface area (Å²) in [4.78, 5) is 4.61. The average molecular weight is 311 g/mol. The Morgan fingerprint density at radius 2 is 1.53 bits per heavy atom. The molecule has 0 saturated carbocycles. The van der Waals surface area contributed by atoms with E-state index in [1.165, 1.54) is 0 Å². The van der Waals surface area contributed by atoms with Gasteiger partial charge in [0.1, 0.15) is 0 Å². The first-order valence-corrected chi connectivity index (χ1v) is 9.18. The van der Waals surface area contributed by atoms with Crippen LogP contribution >= 0.6 is 11.6 Å². The van der Waals surface area contributed by atoms with Gasteiger partial charge < -0.3 is 9.80 Å². The molecule has 1 heterocycles. The van der Waals surface area contributed by atoms with Gasteiger partial charge in [0.2, 0.25) is 0 Å². The van der Waals surface area contributed by atoms with Crippen molar-refractivity contribution in [2.24, 2.45) is 0 Å². The van der Waals surface area contributed by atoms with Gasteiger partial charge in [0, 0.05) is 32.1 Å². The smallest absolute Gasteiger partial charge is 0.156 e. The Morgan fingerprint density at radius 1 is 1.00 bits per heavy atom. The lowest BCUT2D eigenvalue weighted by Gasteiger charge is -2.24. The van der Waals surface area contributed by atoms with E-state index >= 15 is 0 Å². The molecule has 1 saturated heterocycles. The molecule has 0 spiro atoms. The van der Waals surface area contributed by atoms with Crippen LogP contribution in [0.25, 0.3) is 0 Å². The summed E-state index contributed by atoms with van der Waals surface area (Å²) in [6.07, 6.45) is 1.09.